The summed E-state index contributed by atoms with van der Waals surface area (Å²) >= 11 is 1.38. The number of carbonyl (C=O) groups excluding carboxylic acids is 2. The first kappa shape index (κ1) is 18.4. The first-order valence-corrected chi connectivity index (χ1v) is 9.57. The van der Waals surface area contributed by atoms with E-state index in [9.17, 15) is 9.59 Å². The van der Waals surface area contributed by atoms with E-state index in [1.54, 1.807) is 18.0 Å². The maximum absolute atomic E-state index is 12.2. The van der Waals surface area contributed by atoms with Crippen molar-refractivity contribution < 1.29 is 19.1 Å². The Morgan fingerprint density at radius 1 is 1.19 bits per heavy atom. The Hall–Kier alpha value is -2.41. The molecule has 1 aliphatic heterocycles. The highest BCUT2D eigenvalue weighted by molar-refractivity contribution is 7.13. The van der Waals surface area contributed by atoms with Crippen LogP contribution in [0.15, 0.2) is 36.5 Å². The Morgan fingerprint density at radius 3 is 2.62 bits per heavy atom. The minimum atomic E-state index is -0.321. The smallest absolute Gasteiger partial charge is 0.410 e. The molecule has 2 aromatic rings. The molecule has 0 radical (unpaired) electrons. The van der Waals surface area contributed by atoms with E-state index >= 15 is 0 Å². The van der Waals surface area contributed by atoms with Gasteiger partial charge in [0, 0.05) is 19.0 Å². The number of likely N-dealkylation sites (tertiary alicyclic amines) is 1. The highest BCUT2D eigenvalue weighted by atomic mass is 32.1. The number of hydrogen-bond donors (Lipinski definition) is 0. The van der Waals surface area contributed by atoms with Crippen LogP contribution in [0, 0.1) is 0 Å². The van der Waals surface area contributed by atoms with Gasteiger partial charge in [0.2, 0.25) is 0 Å². The number of ether oxygens (including phenoxy) is 2. The largest absolute Gasteiger partial charge is 0.462 e. The number of amides is 1. The van der Waals surface area contributed by atoms with Gasteiger partial charge < -0.3 is 14.4 Å². The second kappa shape index (κ2) is 8.80. The number of thiazole rings is 1. The molecule has 1 aromatic carbocycles. The third kappa shape index (κ3) is 4.60. The average Bonchev–Trinajstić information content (AvgIpc) is 3.18. The SMILES string of the molecule is CCOC(=O)c1cnc(C2CCN(C(=O)OCc3ccccc3)CC2)s1. The lowest BCUT2D eigenvalue weighted by Gasteiger charge is -2.30. The fourth-order valence-corrected chi connectivity index (χ4v) is 3.87. The van der Waals surface area contributed by atoms with Crippen molar-refractivity contribution in [3.63, 3.8) is 0 Å². The van der Waals surface area contributed by atoms with Crippen molar-refractivity contribution in [3.05, 3.63) is 52.0 Å². The lowest BCUT2D eigenvalue weighted by atomic mass is 9.98. The van der Waals surface area contributed by atoms with Gasteiger partial charge in [0.25, 0.3) is 0 Å². The molecule has 1 aromatic heterocycles. The lowest BCUT2D eigenvalue weighted by Crippen LogP contribution is -2.38. The number of piperidine rings is 1. The van der Waals surface area contributed by atoms with E-state index in [-0.39, 0.29) is 24.6 Å². The standard InChI is InChI=1S/C19H22N2O4S/c1-2-24-18(22)16-12-20-17(26-16)15-8-10-21(11-9-15)19(23)25-13-14-6-4-3-5-7-14/h3-7,12,15H,2,8-11,13H2,1H3. The number of esters is 1. The Kier molecular flexibility index (Phi) is 6.22. The molecule has 1 amide bonds. The highest BCUT2D eigenvalue weighted by Crippen LogP contribution is 2.31. The van der Waals surface area contributed by atoms with E-state index in [4.69, 9.17) is 9.47 Å². The second-order valence-corrected chi connectivity index (χ2v) is 7.15. The van der Waals surface area contributed by atoms with Gasteiger partial charge in [-0.05, 0) is 25.3 Å². The number of carbonyl (C=O) groups is 2. The predicted octanol–water partition coefficient (Wildman–Crippen LogP) is 3.84. The second-order valence-electron chi connectivity index (χ2n) is 6.08. The summed E-state index contributed by atoms with van der Waals surface area (Å²) in [6.45, 7) is 3.69. The van der Waals surface area contributed by atoms with Crippen molar-refractivity contribution in [2.75, 3.05) is 19.7 Å². The number of hydrogen-bond acceptors (Lipinski definition) is 6. The molecule has 7 heteroatoms. The molecule has 0 atom stereocenters. The lowest BCUT2D eigenvalue weighted by molar-refractivity contribution is 0.0531. The van der Waals surface area contributed by atoms with Crippen LogP contribution in [0.1, 0.15) is 45.9 Å². The molecule has 1 aliphatic rings. The summed E-state index contributed by atoms with van der Waals surface area (Å²) in [7, 11) is 0. The van der Waals surface area contributed by atoms with Gasteiger partial charge in [0.15, 0.2) is 0 Å². The molecule has 1 fully saturated rings. The van der Waals surface area contributed by atoms with Crippen LogP contribution in [0.4, 0.5) is 4.79 Å². The van der Waals surface area contributed by atoms with E-state index < -0.39 is 0 Å². The quantitative estimate of drug-likeness (QED) is 0.744. The summed E-state index contributed by atoms with van der Waals surface area (Å²) in [5.74, 6) is -0.0560. The molecule has 26 heavy (non-hydrogen) atoms. The molecule has 3 rings (SSSR count). The average molecular weight is 374 g/mol. The zero-order chi connectivity index (χ0) is 18.4. The molecule has 6 nitrogen and oxygen atoms in total. The van der Waals surface area contributed by atoms with E-state index in [1.165, 1.54) is 11.3 Å². The van der Waals surface area contributed by atoms with Crippen molar-refractivity contribution in [1.82, 2.24) is 9.88 Å². The van der Waals surface area contributed by atoms with Crippen molar-refractivity contribution in [1.29, 1.82) is 0 Å². The molecular weight excluding hydrogens is 352 g/mol. The Labute approximate surface area is 156 Å². The van der Waals surface area contributed by atoms with Crippen LogP contribution in [0.3, 0.4) is 0 Å². The maximum atomic E-state index is 12.2. The van der Waals surface area contributed by atoms with Crippen LogP contribution in [0.25, 0.3) is 0 Å². The van der Waals surface area contributed by atoms with Crippen LogP contribution in [0.5, 0.6) is 0 Å². The zero-order valence-corrected chi connectivity index (χ0v) is 15.5. The summed E-state index contributed by atoms with van der Waals surface area (Å²) in [5.41, 5.74) is 0.977. The van der Waals surface area contributed by atoms with E-state index in [1.807, 2.05) is 30.3 Å². The Bertz CT molecular complexity index is 739. The number of aromatic nitrogens is 1. The van der Waals surface area contributed by atoms with Gasteiger partial charge in [0.05, 0.1) is 17.8 Å². The summed E-state index contributed by atoms with van der Waals surface area (Å²) < 4.78 is 10.4. The molecule has 0 unspecified atom stereocenters. The van der Waals surface area contributed by atoms with Gasteiger partial charge in [-0.1, -0.05) is 30.3 Å². The van der Waals surface area contributed by atoms with Gasteiger partial charge >= 0.3 is 12.1 Å². The van der Waals surface area contributed by atoms with Crippen molar-refractivity contribution in [2.24, 2.45) is 0 Å². The van der Waals surface area contributed by atoms with Gasteiger partial charge in [-0.3, -0.25) is 0 Å². The number of rotatable bonds is 5. The van der Waals surface area contributed by atoms with E-state index in [2.05, 4.69) is 4.98 Å². The number of nitrogens with zero attached hydrogens (tertiary/aromatic N) is 2. The van der Waals surface area contributed by atoms with Gasteiger partial charge in [-0.2, -0.15) is 0 Å². The van der Waals surface area contributed by atoms with Crippen LogP contribution in [-0.4, -0.2) is 41.6 Å². The van der Waals surface area contributed by atoms with Crippen molar-refractivity contribution in [2.45, 2.75) is 32.3 Å². The summed E-state index contributed by atoms with van der Waals surface area (Å²) in [6, 6.07) is 9.65. The number of benzene rings is 1. The summed E-state index contributed by atoms with van der Waals surface area (Å²) in [4.78, 5) is 30.6. The van der Waals surface area contributed by atoms with Crippen LogP contribution < -0.4 is 0 Å². The topological polar surface area (TPSA) is 68.7 Å². The van der Waals surface area contributed by atoms with Gasteiger partial charge in [-0.25, -0.2) is 14.6 Å². The monoisotopic (exact) mass is 374 g/mol. The van der Waals surface area contributed by atoms with E-state index in [0.29, 0.717) is 24.6 Å². The molecular formula is C19H22N2O4S. The van der Waals surface area contributed by atoms with Crippen LogP contribution in [-0.2, 0) is 16.1 Å². The molecule has 0 bridgehead atoms. The van der Waals surface area contributed by atoms with Crippen molar-refractivity contribution >= 4 is 23.4 Å². The maximum Gasteiger partial charge on any atom is 0.410 e. The molecule has 0 saturated carbocycles. The fraction of sp³-hybridized carbons (Fsp3) is 0.421. The third-order valence-electron chi connectivity index (χ3n) is 4.31. The molecule has 1 saturated heterocycles. The molecule has 0 N–H and O–H groups in total. The highest BCUT2D eigenvalue weighted by Gasteiger charge is 2.27. The molecule has 0 aliphatic carbocycles. The van der Waals surface area contributed by atoms with Gasteiger partial charge in [-0.15, -0.1) is 11.3 Å². The summed E-state index contributed by atoms with van der Waals surface area (Å²) in [5, 5.41) is 0.936. The molecule has 138 valence electrons. The molecule has 0 spiro atoms. The minimum Gasteiger partial charge on any atom is -0.462 e. The van der Waals surface area contributed by atoms with Gasteiger partial charge in [0.1, 0.15) is 11.5 Å². The third-order valence-corrected chi connectivity index (χ3v) is 5.45. The minimum absolute atomic E-state index is 0.265. The van der Waals surface area contributed by atoms with Crippen LogP contribution >= 0.6 is 11.3 Å². The normalized spacial score (nSPS) is 14.9. The molecule has 2 heterocycles. The fourth-order valence-electron chi connectivity index (χ4n) is 2.89. The first-order chi connectivity index (χ1) is 12.7. The Morgan fingerprint density at radius 2 is 1.92 bits per heavy atom. The summed E-state index contributed by atoms with van der Waals surface area (Å²) in [6.07, 6.45) is 2.93. The van der Waals surface area contributed by atoms with Crippen LogP contribution in [0.2, 0.25) is 0 Å². The first-order valence-electron chi connectivity index (χ1n) is 8.76. The Balaban J connectivity index is 1.48. The van der Waals surface area contributed by atoms with Crippen molar-refractivity contribution in [3.8, 4) is 0 Å². The zero-order valence-electron chi connectivity index (χ0n) is 14.7. The van der Waals surface area contributed by atoms with E-state index in [0.717, 1.165) is 23.4 Å². The predicted molar refractivity (Wildman–Crippen MR) is 98.2 cm³/mol.